The molecule has 0 atom stereocenters. The molecule has 3 aromatic carbocycles. The number of hydrazone groups is 1. The number of nitrogens with one attached hydrogen (secondary N) is 1. The van der Waals surface area contributed by atoms with Crippen molar-refractivity contribution in [1.29, 1.82) is 0 Å². The lowest BCUT2D eigenvalue weighted by Gasteiger charge is -2.15. The summed E-state index contributed by atoms with van der Waals surface area (Å²) in [7, 11) is 4.67. The molecule has 4 rings (SSSR count). The summed E-state index contributed by atoms with van der Waals surface area (Å²) in [5.74, 6) is 1.86. The Morgan fingerprint density at radius 3 is 2.32 bits per heavy atom. The first-order chi connectivity index (χ1) is 18.4. The lowest BCUT2D eigenvalue weighted by molar-refractivity contribution is -0.118. The molecule has 0 saturated heterocycles. The van der Waals surface area contributed by atoms with E-state index in [4.69, 9.17) is 14.2 Å². The Morgan fingerprint density at radius 1 is 0.974 bits per heavy atom. The van der Waals surface area contributed by atoms with Crippen molar-refractivity contribution in [2.45, 2.75) is 12.1 Å². The summed E-state index contributed by atoms with van der Waals surface area (Å²) >= 11 is 4.70. The van der Waals surface area contributed by atoms with E-state index in [2.05, 4.69) is 36.7 Å². The molecule has 9 nitrogen and oxygen atoms in total. The van der Waals surface area contributed by atoms with Gasteiger partial charge in [-0.2, -0.15) is 5.10 Å². The first kappa shape index (κ1) is 27.2. The van der Waals surface area contributed by atoms with Crippen molar-refractivity contribution in [3.8, 4) is 34.3 Å². The minimum Gasteiger partial charge on any atom is -0.493 e. The van der Waals surface area contributed by atoms with E-state index in [1.54, 1.807) is 21.3 Å². The molecular formula is C27H26BrN5O4S. The molecule has 196 valence electrons. The highest BCUT2D eigenvalue weighted by Crippen LogP contribution is 2.41. The Kier molecular flexibility index (Phi) is 9.03. The molecule has 0 spiro atoms. The second-order valence-electron chi connectivity index (χ2n) is 7.92. The van der Waals surface area contributed by atoms with E-state index in [1.807, 2.05) is 78.2 Å². The number of rotatable bonds is 10. The Balaban J connectivity index is 1.61. The van der Waals surface area contributed by atoms with Crippen LogP contribution < -0.4 is 19.6 Å². The van der Waals surface area contributed by atoms with Crippen molar-refractivity contribution in [2.75, 3.05) is 27.1 Å². The highest BCUT2D eigenvalue weighted by Gasteiger charge is 2.21. The van der Waals surface area contributed by atoms with Crippen molar-refractivity contribution in [1.82, 2.24) is 20.2 Å². The molecule has 0 radical (unpaired) electrons. The van der Waals surface area contributed by atoms with Crippen LogP contribution in [0, 0.1) is 0 Å². The molecule has 0 aliphatic rings. The molecule has 0 fully saturated rings. The number of hydrogen-bond acceptors (Lipinski definition) is 8. The number of hydrogen-bond donors (Lipinski definition) is 1. The highest BCUT2D eigenvalue weighted by atomic mass is 79.9. The summed E-state index contributed by atoms with van der Waals surface area (Å²) < 4.78 is 19.3. The van der Waals surface area contributed by atoms with Crippen LogP contribution in [-0.4, -0.2) is 53.5 Å². The summed E-state index contributed by atoms with van der Waals surface area (Å²) in [6.45, 7) is 1.84. The number of thioether (sulfide) groups is 1. The third-order valence-corrected chi connectivity index (χ3v) is 6.92. The fraction of sp³-hybridized carbons (Fsp3) is 0.185. The van der Waals surface area contributed by atoms with Crippen molar-refractivity contribution in [2.24, 2.45) is 5.10 Å². The van der Waals surface area contributed by atoms with Crippen molar-refractivity contribution in [3.05, 3.63) is 76.8 Å². The van der Waals surface area contributed by atoms with Gasteiger partial charge in [0.25, 0.3) is 5.91 Å². The van der Waals surface area contributed by atoms with Gasteiger partial charge in [-0.1, -0.05) is 58.0 Å². The standard InChI is InChI=1S/C27H26BrN5O4S/c1-17(18-9-8-10-20(28)13-18)29-30-24(34)16-38-27-32-31-26(33(27)21-11-6-5-7-12-21)19-14-22(35-2)25(37-4)23(15-19)36-3/h5-15H,16H2,1-4H3,(H,30,34)/b29-17+. The number of para-hydroxylation sites is 1. The summed E-state index contributed by atoms with van der Waals surface area (Å²) in [5, 5.41) is 13.6. The van der Waals surface area contributed by atoms with E-state index < -0.39 is 0 Å². The van der Waals surface area contributed by atoms with Crippen LogP contribution in [0.5, 0.6) is 17.2 Å². The van der Waals surface area contributed by atoms with Crippen molar-refractivity contribution < 1.29 is 19.0 Å². The summed E-state index contributed by atoms with van der Waals surface area (Å²) in [4.78, 5) is 12.6. The van der Waals surface area contributed by atoms with Crippen LogP contribution in [-0.2, 0) is 4.79 Å². The Morgan fingerprint density at radius 2 is 1.68 bits per heavy atom. The van der Waals surface area contributed by atoms with E-state index in [1.165, 1.54) is 11.8 Å². The van der Waals surface area contributed by atoms with Crippen LogP contribution in [0.1, 0.15) is 12.5 Å². The van der Waals surface area contributed by atoms with Crippen LogP contribution in [0.3, 0.4) is 0 Å². The van der Waals surface area contributed by atoms with Gasteiger partial charge >= 0.3 is 0 Å². The fourth-order valence-corrected chi connectivity index (χ4v) is 4.80. The minimum atomic E-state index is -0.263. The number of benzene rings is 3. The molecular weight excluding hydrogens is 570 g/mol. The van der Waals surface area contributed by atoms with Gasteiger partial charge < -0.3 is 14.2 Å². The zero-order valence-electron chi connectivity index (χ0n) is 21.3. The Bertz CT molecular complexity index is 1430. The minimum absolute atomic E-state index is 0.0927. The molecule has 0 aliphatic heterocycles. The summed E-state index contributed by atoms with van der Waals surface area (Å²) in [6, 6.07) is 21.0. The summed E-state index contributed by atoms with van der Waals surface area (Å²) in [5.41, 5.74) is 5.77. The second kappa shape index (κ2) is 12.6. The lowest BCUT2D eigenvalue weighted by atomic mass is 10.1. The zero-order chi connectivity index (χ0) is 27.1. The van der Waals surface area contributed by atoms with Gasteiger partial charge in [0.15, 0.2) is 22.5 Å². The normalized spacial score (nSPS) is 11.2. The van der Waals surface area contributed by atoms with E-state index in [0.717, 1.165) is 15.7 Å². The van der Waals surface area contributed by atoms with E-state index >= 15 is 0 Å². The van der Waals surface area contributed by atoms with E-state index in [9.17, 15) is 4.79 Å². The number of amides is 1. The van der Waals surface area contributed by atoms with Gasteiger partial charge in [0.2, 0.25) is 5.75 Å². The predicted octanol–water partition coefficient (Wildman–Crippen LogP) is 5.36. The number of carbonyl (C=O) groups excluding carboxylic acids is 1. The molecule has 0 aliphatic carbocycles. The molecule has 11 heteroatoms. The van der Waals surface area contributed by atoms with Gasteiger partial charge in [-0.15, -0.1) is 10.2 Å². The monoisotopic (exact) mass is 595 g/mol. The fourth-order valence-electron chi connectivity index (χ4n) is 3.66. The third-order valence-electron chi connectivity index (χ3n) is 5.49. The number of aromatic nitrogens is 3. The van der Waals surface area contributed by atoms with Crippen LogP contribution >= 0.6 is 27.7 Å². The molecule has 4 aromatic rings. The molecule has 0 saturated carbocycles. The average Bonchev–Trinajstić information content (AvgIpc) is 3.38. The summed E-state index contributed by atoms with van der Waals surface area (Å²) in [6.07, 6.45) is 0. The number of halogens is 1. The van der Waals surface area contributed by atoms with Gasteiger partial charge in [0, 0.05) is 15.7 Å². The van der Waals surface area contributed by atoms with Gasteiger partial charge in [0.05, 0.1) is 32.8 Å². The third kappa shape index (κ3) is 6.17. The average molecular weight is 597 g/mol. The Labute approximate surface area is 233 Å². The van der Waals surface area contributed by atoms with Crippen molar-refractivity contribution in [3.63, 3.8) is 0 Å². The van der Waals surface area contributed by atoms with Crippen LogP contribution in [0.15, 0.2) is 81.5 Å². The number of nitrogens with zero attached hydrogens (tertiary/aromatic N) is 4. The predicted molar refractivity (Wildman–Crippen MR) is 152 cm³/mol. The van der Waals surface area contributed by atoms with Crippen LogP contribution in [0.4, 0.5) is 0 Å². The zero-order valence-corrected chi connectivity index (χ0v) is 23.7. The van der Waals surface area contributed by atoms with Gasteiger partial charge in [-0.3, -0.25) is 9.36 Å². The second-order valence-corrected chi connectivity index (χ2v) is 9.78. The van der Waals surface area contributed by atoms with Gasteiger partial charge in [0.1, 0.15) is 0 Å². The molecule has 1 amide bonds. The SMILES string of the molecule is COc1cc(-c2nnc(SCC(=O)N/N=C(\C)c3cccc(Br)c3)n2-c2ccccc2)cc(OC)c1OC. The van der Waals surface area contributed by atoms with Gasteiger partial charge in [-0.05, 0) is 48.9 Å². The molecule has 0 bridgehead atoms. The van der Waals surface area contributed by atoms with E-state index in [0.29, 0.717) is 39.5 Å². The first-order valence-corrected chi connectivity index (χ1v) is 13.3. The Hall–Kier alpha value is -3.83. The molecule has 0 unspecified atom stereocenters. The number of ether oxygens (including phenoxy) is 3. The first-order valence-electron chi connectivity index (χ1n) is 11.5. The van der Waals surface area contributed by atoms with Gasteiger partial charge in [-0.25, -0.2) is 5.43 Å². The number of methoxy groups -OCH3 is 3. The maximum atomic E-state index is 12.6. The topological polar surface area (TPSA) is 99.9 Å². The van der Waals surface area contributed by atoms with Crippen molar-refractivity contribution >= 4 is 39.3 Å². The van der Waals surface area contributed by atoms with E-state index in [-0.39, 0.29) is 11.7 Å². The quantitative estimate of drug-likeness (QED) is 0.150. The maximum Gasteiger partial charge on any atom is 0.250 e. The molecule has 1 aromatic heterocycles. The highest BCUT2D eigenvalue weighted by molar-refractivity contribution is 9.10. The maximum absolute atomic E-state index is 12.6. The largest absolute Gasteiger partial charge is 0.493 e. The molecule has 38 heavy (non-hydrogen) atoms. The molecule has 1 heterocycles. The van der Waals surface area contributed by atoms with Crippen LogP contribution in [0.2, 0.25) is 0 Å². The number of carbonyl (C=O) groups is 1. The van der Waals surface area contributed by atoms with Crippen LogP contribution in [0.25, 0.3) is 17.1 Å². The molecule has 1 N–H and O–H groups in total. The smallest absolute Gasteiger partial charge is 0.250 e. The lowest BCUT2D eigenvalue weighted by Crippen LogP contribution is -2.21.